The molecule has 1 fully saturated rings. The summed E-state index contributed by atoms with van der Waals surface area (Å²) in [7, 11) is 0. The summed E-state index contributed by atoms with van der Waals surface area (Å²) in [6.07, 6.45) is 4.83. The summed E-state index contributed by atoms with van der Waals surface area (Å²) in [6, 6.07) is 11.5. The number of hydrogen-bond donors (Lipinski definition) is 1. The molecule has 1 amide bonds. The number of nitrogens with one attached hydrogen (secondary N) is 1. The Labute approximate surface area is 193 Å². The van der Waals surface area contributed by atoms with Crippen LogP contribution in [0.1, 0.15) is 60.0 Å². The Morgan fingerprint density at radius 2 is 1.97 bits per heavy atom. The third kappa shape index (κ3) is 4.75. The molecule has 1 aromatic carbocycles. The minimum atomic E-state index is -0.186. The summed E-state index contributed by atoms with van der Waals surface area (Å²) < 4.78 is 18.4. The molecule has 0 bridgehead atoms. The van der Waals surface area contributed by atoms with Crippen molar-refractivity contribution < 1.29 is 18.7 Å². The highest BCUT2D eigenvalue weighted by molar-refractivity contribution is 6.04. The number of amides is 1. The molecule has 0 aliphatic carbocycles. The van der Waals surface area contributed by atoms with Crippen molar-refractivity contribution in [1.29, 1.82) is 0 Å². The van der Waals surface area contributed by atoms with E-state index in [0.29, 0.717) is 23.0 Å². The first-order valence-electron chi connectivity index (χ1n) is 11.6. The van der Waals surface area contributed by atoms with Gasteiger partial charge in [-0.25, -0.2) is 4.68 Å². The van der Waals surface area contributed by atoms with Gasteiger partial charge in [-0.05, 0) is 63.1 Å². The summed E-state index contributed by atoms with van der Waals surface area (Å²) in [5.74, 6) is 4.25. The van der Waals surface area contributed by atoms with Crippen LogP contribution in [0, 0.1) is 6.92 Å². The molecule has 3 aromatic rings. The van der Waals surface area contributed by atoms with Crippen molar-refractivity contribution in [3.63, 3.8) is 0 Å². The van der Waals surface area contributed by atoms with Gasteiger partial charge in [0.05, 0.1) is 12.2 Å². The number of aryl methyl sites for hydroxylation is 1. The molecule has 4 heterocycles. The predicted molar refractivity (Wildman–Crippen MR) is 124 cm³/mol. The Kier molecular flexibility index (Phi) is 6.09. The van der Waals surface area contributed by atoms with E-state index in [-0.39, 0.29) is 18.7 Å². The maximum atomic E-state index is 12.8. The molecular weight excluding hydrogens is 420 g/mol. The van der Waals surface area contributed by atoms with Crippen molar-refractivity contribution in [3.05, 3.63) is 59.7 Å². The first-order chi connectivity index (χ1) is 16.1. The van der Waals surface area contributed by atoms with Crippen molar-refractivity contribution in [2.24, 2.45) is 0 Å². The molecule has 0 unspecified atom stereocenters. The second-order valence-corrected chi connectivity index (χ2v) is 8.89. The third-order valence-corrected chi connectivity index (χ3v) is 6.57. The summed E-state index contributed by atoms with van der Waals surface area (Å²) >= 11 is 0. The molecule has 2 aromatic heterocycles. The average molecular weight is 451 g/mol. The second kappa shape index (κ2) is 9.31. The van der Waals surface area contributed by atoms with E-state index in [0.717, 1.165) is 56.2 Å². The number of carbonyl (C=O) groups is 1. The first kappa shape index (κ1) is 21.6. The average Bonchev–Trinajstić information content (AvgIpc) is 3.58. The fourth-order valence-electron chi connectivity index (χ4n) is 4.55. The van der Waals surface area contributed by atoms with Gasteiger partial charge in [-0.3, -0.25) is 4.79 Å². The van der Waals surface area contributed by atoms with Crippen molar-refractivity contribution in [1.82, 2.24) is 14.7 Å². The zero-order valence-electron chi connectivity index (χ0n) is 19.1. The molecule has 2 aliphatic heterocycles. The number of anilines is 1. The molecule has 0 saturated carbocycles. The van der Waals surface area contributed by atoms with Gasteiger partial charge >= 0.3 is 0 Å². The van der Waals surface area contributed by atoms with Gasteiger partial charge in [-0.2, -0.15) is 5.10 Å². The quantitative estimate of drug-likeness (QED) is 0.567. The first-order valence-corrected chi connectivity index (χ1v) is 11.6. The maximum absolute atomic E-state index is 12.8. The number of piperidine rings is 1. The molecule has 8 nitrogen and oxygen atoms in total. The Bertz CT molecular complexity index is 1110. The highest BCUT2D eigenvalue weighted by atomic mass is 16.7. The third-order valence-electron chi connectivity index (χ3n) is 6.57. The smallest absolute Gasteiger partial charge is 0.256 e. The number of benzene rings is 1. The largest absolute Gasteiger partial charge is 0.466 e. The van der Waals surface area contributed by atoms with Gasteiger partial charge in [0.25, 0.3) is 5.91 Å². The van der Waals surface area contributed by atoms with Gasteiger partial charge in [0.15, 0.2) is 11.5 Å². The molecule has 1 N–H and O–H groups in total. The number of ether oxygens (including phenoxy) is 2. The number of fused-ring (bicyclic) bond motifs is 1. The lowest BCUT2D eigenvalue weighted by Gasteiger charge is -2.33. The zero-order valence-corrected chi connectivity index (χ0v) is 19.1. The number of rotatable bonds is 7. The van der Waals surface area contributed by atoms with Gasteiger partial charge in [-0.1, -0.05) is 6.92 Å². The van der Waals surface area contributed by atoms with Gasteiger partial charge in [0.1, 0.15) is 17.3 Å². The number of furan rings is 1. The number of hydrogen-bond acceptors (Lipinski definition) is 6. The van der Waals surface area contributed by atoms with Crippen molar-refractivity contribution in [2.75, 3.05) is 31.7 Å². The lowest BCUT2D eigenvalue weighted by Crippen LogP contribution is -2.36. The molecule has 174 valence electrons. The Morgan fingerprint density at radius 1 is 1.15 bits per heavy atom. The summed E-state index contributed by atoms with van der Waals surface area (Å²) in [4.78, 5) is 15.3. The van der Waals surface area contributed by atoms with E-state index in [2.05, 4.69) is 28.3 Å². The molecule has 2 aliphatic rings. The number of nitrogens with zero attached hydrogens (tertiary/aromatic N) is 3. The highest BCUT2D eigenvalue weighted by Gasteiger charge is 2.24. The minimum absolute atomic E-state index is 0.186. The summed E-state index contributed by atoms with van der Waals surface area (Å²) in [5.41, 5.74) is 0.530. The predicted octanol–water partition coefficient (Wildman–Crippen LogP) is 4.60. The van der Waals surface area contributed by atoms with E-state index in [9.17, 15) is 4.79 Å². The van der Waals surface area contributed by atoms with Crippen LogP contribution in [0.3, 0.4) is 0 Å². The van der Waals surface area contributed by atoms with Crippen LogP contribution >= 0.6 is 0 Å². The van der Waals surface area contributed by atoms with E-state index >= 15 is 0 Å². The van der Waals surface area contributed by atoms with Gasteiger partial charge < -0.3 is 24.1 Å². The topological polar surface area (TPSA) is 81.8 Å². The van der Waals surface area contributed by atoms with Crippen molar-refractivity contribution >= 4 is 11.7 Å². The van der Waals surface area contributed by atoms with E-state index < -0.39 is 0 Å². The van der Waals surface area contributed by atoms with E-state index in [1.807, 2.05) is 23.7 Å². The van der Waals surface area contributed by atoms with Gasteiger partial charge in [-0.15, -0.1) is 0 Å². The molecule has 1 atom stereocenters. The van der Waals surface area contributed by atoms with Gasteiger partial charge in [0, 0.05) is 30.6 Å². The van der Waals surface area contributed by atoms with Crippen LogP contribution < -0.4 is 14.8 Å². The van der Waals surface area contributed by atoms with Crippen molar-refractivity contribution in [2.45, 2.75) is 45.1 Å². The standard InChI is InChI=1S/C25H30N4O4/c1-17(21-5-3-18(2)33-21)8-12-28-13-9-20(10-14-28)29-24(7-11-26-29)27-25(30)19-4-6-22-23(15-19)32-16-31-22/h3-7,11,15,17,20H,8-10,12-14,16H2,1-2H3,(H,27,30)/t17-/m0/s1. The van der Waals surface area contributed by atoms with Crippen LogP contribution in [0.2, 0.25) is 0 Å². The lowest BCUT2D eigenvalue weighted by atomic mass is 10.0. The van der Waals surface area contributed by atoms with E-state index in [4.69, 9.17) is 13.9 Å². The van der Waals surface area contributed by atoms with Crippen LogP contribution in [-0.4, -0.2) is 47.0 Å². The highest BCUT2D eigenvalue weighted by Crippen LogP contribution is 2.33. The molecule has 33 heavy (non-hydrogen) atoms. The van der Waals surface area contributed by atoms with Crippen LogP contribution in [0.15, 0.2) is 47.0 Å². The summed E-state index contributed by atoms with van der Waals surface area (Å²) in [5, 5.41) is 7.52. The number of aromatic nitrogens is 2. The monoisotopic (exact) mass is 450 g/mol. The van der Waals surface area contributed by atoms with Crippen LogP contribution in [0.5, 0.6) is 11.5 Å². The number of carbonyl (C=O) groups excluding carboxylic acids is 1. The SMILES string of the molecule is Cc1ccc([C@@H](C)CCN2CCC(n3nccc3NC(=O)c3ccc4c(c3)OCO4)CC2)o1. The molecular formula is C25H30N4O4. The van der Waals surface area contributed by atoms with E-state index in [1.54, 1.807) is 24.4 Å². The minimum Gasteiger partial charge on any atom is -0.466 e. The molecule has 5 rings (SSSR count). The fourth-order valence-corrected chi connectivity index (χ4v) is 4.55. The lowest BCUT2D eigenvalue weighted by molar-refractivity contribution is 0.102. The zero-order chi connectivity index (χ0) is 22.8. The summed E-state index contributed by atoms with van der Waals surface area (Å²) in [6.45, 7) is 7.49. The maximum Gasteiger partial charge on any atom is 0.256 e. The van der Waals surface area contributed by atoms with Crippen molar-refractivity contribution in [3.8, 4) is 11.5 Å². The van der Waals surface area contributed by atoms with Crippen LogP contribution in [0.4, 0.5) is 5.82 Å². The van der Waals surface area contributed by atoms with Crippen LogP contribution in [-0.2, 0) is 0 Å². The van der Waals surface area contributed by atoms with Crippen LogP contribution in [0.25, 0.3) is 0 Å². The molecule has 0 spiro atoms. The fraction of sp³-hybridized carbons (Fsp3) is 0.440. The molecule has 1 saturated heterocycles. The Balaban J connectivity index is 1.14. The molecule has 0 radical (unpaired) electrons. The normalized spacial score (nSPS) is 17.3. The number of likely N-dealkylation sites (tertiary alicyclic amines) is 1. The Hall–Kier alpha value is -3.26. The van der Waals surface area contributed by atoms with E-state index in [1.165, 1.54) is 0 Å². The second-order valence-electron chi connectivity index (χ2n) is 8.89. The van der Waals surface area contributed by atoms with Gasteiger partial charge in [0.2, 0.25) is 6.79 Å². The Morgan fingerprint density at radius 3 is 2.76 bits per heavy atom. The molecule has 8 heteroatoms.